The molecule has 3 aromatic rings. The first-order chi connectivity index (χ1) is 22.0. The van der Waals surface area contributed by atoms with E-state index < -0.39 is 23.8 Å². The van der Waals surface area contributed by atoms with Crippen molar-refractivity contribution in [3.63, 3.8) is 0 Å². The van der Waals surface area contributed by atoms with E-state index >= 15 is 0 Å². The summed E-state index contributed by atoms with van der Waals surface area (Å²) < 4.78 is 25.7. The lowest BCUT2D eigenvalue weighted by Gasteiger charge is -2.25. The summed E-state index contributed by atoms with van der Waals surface area (Å²) in [5.74, 6) is -3.00. The van der Waals surface area contributed by atoms with Gasteiger partial charge in [-0.1, -0.05) is 38.1 Å². The lowest BCUT2D eigenvalue weighted by molar-refractivity contribution is -0.156. The standard InChI is InChI=1S/C34H46N4O8/c1-7-31(27(19-43-23(3)39)13-29-15-35-21-37(29)5)33(41)45-17-25-9-11-26(12-10-25)18-46-34(42)32(8-2)28(20-44-24(4)40)14-30-16-36-22-38(30)6/h9-12,15-16,21-22,27-28,31-32H,7-8,13-14,17-20H2,1-6H3/t27-,28-,31-,32-/m0/s1. The second-order valence-corrected chi connectivity index (χ2v) is 11.6. The molecule has 46 heavy (non-hydrogen) atoms. The van der Waals surface area contributed by atoms with Gasteiger partial charge in [0.2, 0.25) is 0 Å². The Morgan fingerprint density at radius 2 is 1.02 bits per heavy atom. The summed E-state index contributed by atoms with van der Waals surface area (Å²) in [6.07, 6.45) is 8.93. The predicted octanol–water partition coefficient (Wildman–Crippen LogP) is 4.14. The average Bonchev–Trinajstić information content (AvgIpc) is 3.63. The zero-order valence-corrected chi connectivity index (χ0v) is 27.6. The van der Waals surface area contributed by atoms with E-state index in [0.29, 0.717) is 25.7 Å². The molecule has 250 valence electrons. The number of hydrogen-bond acceptors (Lipinski definition) is 10. The maximum absolute atomic E-state index is 13.2. The topological polar surface area (TPSA) is 141 Å². The van der Waals surface area contributed by atoms with E-state index in [0.717, 1.165) is 22.5 Å². The fraction of sp³-hybridized carbons (Fsp3) is 0.529. The van der Waals surface area contributed by atoms with E-state index in [1.807, 2.05) is 61.3 Å². The van der Waals surface area contributed by atoms with Crippen LogP contribution in [0.3, 0.4) is 0 Å². The normalized spacial score (nSPS) is 13.7. The van der Waals surface area contributed by atoms with E-state index in [1.54, 1.807) is 25.0 Å². The molecule has 0 saturated carbocycles. The van der Waals surface area contributed by atoms with Crippen molar-refractivity contribution in [3.05, 3.63) is 71.8 Å². The fourth-order valence-electron chi connectivity index (χ4n) is 5.42. The molecule has 0 aliphatic rings. The van der Waals surface area contributed by atoms with Crippen molar-refractivity contribution in [2.75, 3.05) is 13.2 Å². The number of nitrogens with zero attached hydrogens (tertiary/aromatic N) is 4. The molecule has 0 bridgehead atoms. The van der Waals surface area contributed by atoms with Gasteiger partial charge in [-0.3, -0.25) is 19.2 Å². The smallest absolute Gasteiger partial charge is 0.309 e. The largest absolute Gasteiger partial charge is 0.466 e. The van der Waals surface area contributed by atoms with Crippen LogP contribution in [-0.2, 0) is 78.3 Å². The summed E-state index contributed by atoms with van der Waals surface area (Å²) in [5.41, 5.74) is 3.42. The molecular formula is C34H46N4O8. The summed E-state index contributed by atoms with van der Waals surface area (Å²) in [4.78, 5) is 57.7. The Labute approximate surface area is 270 Å². The van der Waals surface area contributed by atoms with Crippen molar-refractivity contribution in [2.24, 2.45) is 37.8 Å². The van der Waals surface area contributed by atoms with Gasteiger partial charge in [-0.25, -0.2) is 9.97 Å². The number of esters is 4. The highest BCUT2D eigenvalue weighted by Crippen LogP contribution is 2.25. The molecule has 4 atom stereocenters. The Morgan fingerprint density at radius 3 is 1.30 bits per heavy atom. The molecule has 2 heterocycles. The number of benzene rings is 1. The predicted molar refractivity (Wildman–Crippen MR) is 168 cm³/mol. The van der Waals surface area contributed by atoms with Crippen LogP contribution in [0.2, 0.25) is 0 Å². The minimum Gasteiger partial charge on any atom is -0.466 e. The van der Waals surface area contributed by atoms with Crippen LogP contribution in [0.15, 0.2) is 49.3 Å². The third-order valence-electron chi connectivity index (χ3n) is 8.19. The maximum Gasteiger partial charge on any atom is 0.309 e. The molecule has 0 unspecified atom stereocenters. The first-order valence-electron chi connectivity index (χ1n) is 15.6. The molecule has 12 heteroatoms. The number of aromatic nitrogens is 4. The zero-order chi connectivity index (χ0) is 33.6. The number of imidazole rings is 2. The first kappa shape index (κ1) is 36.0. The minimum atomic E-state index is -0.470. The van der Waals surface area contributed by atoms with Gasteiger partial charge in [-0.2, -0.15) is 0 Å². The molecule has 0 radical (unpaired) electrons. The van der Waals surface area contributed by atoms with Crippen LogP contribution in [0.5, 0.6) is 0 Å². The number of carbonyl (C=O) groups excluding carboxylic acids is 4. The summed E-state index contributed by atoms with van der Waals surface area (Å²) in [7, 11) is 3.76. The molecule has 0 spiro atoms. The molecule has 0 saturated heterocycles. The number of aryl methyl sites for hydroxylation is 2. The van der Waals surface area contributed by atoms with Crippen LogP contribution in [0.25, 0.3) is 0 Å². The Hall–Kier alpha value is -4.48. The molecular weight excluding hydrogens is 592 g/mol. The minimum absolute atomic E-state index is 0.0745. The quantitative estimate of drug-likeness (QED) is 0.147. The molecule has 1 aromatic carbocycles. The van der Waals surface area contributed by atoms with Gasteiger partial charge >= 0.3 is 23.9 Å². The van der Waals surface area contributed by atoms with Gasteiger partial charge in [-0.05, 0) is 36.8 Å². The van der Waals surface area contributed by atoms with Gasteiger partial charge < -0.3 is 28.1 Å². The number of hydrogen-bond donors (Lipinski definition) is 0. The van der Waals surface area contributed by atoms with Crippen LogP contribution in [0, 0.1) is 23.7 Å². The third kappa shape index (κ3) is 10.8. The Kier molecular flexibility index (Phi) is 14.0. The van der Waals surface area contributed by atoms with Gasteiger partial charge in [-0.15, -0.1) is 0 Å². The molecule has 3 rings (SSSR count). The Morgan fingerprint density at radius 1 is 0.652 bits per heavy atom. The molecule has 0 N–H and O–H groups in total. The first-order valence-corrected chi connectivity index (χ1v) is 15.6. The van der Waals surface area contributed by atoms with E-state index in [-0.39, 0.29) is 50.2 Å². The third-order valence-corrected chi connectivity index (χ3v) is 8.19. The van der Waals surface area contributed by atoms with Crippen molar-refractivity contribution in [3.8, 4) is 0 Å². The lowest BCUT2D eigenvalue weighted by atomic mass is 9.87. The molecule has 0 amide bonds. The van der Waals surface area contributed by atoms with Crippen molar-refractivity contribution < 1.29 is 38.1 Å². The highest BCUT2D eigenvalue weighted by molar-refractivity contribution is 5.73. The van der Waals surface area contributed by atoms with Gasteiger partial charge in [0.1, 0.15) is 13.2 Å². The highest BCUT2D eigenvalue weighted by atomic mass is 16.5. The van der Waals surface area contributed by atoms with Crippen LogP contribution in [0.1, 0.15) is 63.1 Å². The average molecular weight is 639 g/mol. The van der Waals surface area contributed by atoms with E-state index in [9.17, 15) is 19.2 Å². The van der Waals surface area contributed by atoms with Crippen molar-refractivity contribution in [1.29, 1.82) is 0 Å². The molecule has 2 aromatic heterocycles. The zero-order valence-electron chi connectivity index (χ0n) is 27.6. The van der Waals surface area contributed by atoms with Gasteiger partial charge in [0, 0.05) is 63.6 Å². The van der Waals surface area contributed by atoms with Crippen molar-refractivity contribution in [2.45, 2.75) is 66.6 Å². The fourth-order valence-corrected chi connectivity index (χ4v) is 5.42. The highest BCUT2D eigenvalue weighted by Gasteiger charge is 2.31. The summed E-state index contributed by atoms with van der Waals surface area (Å²) in [5, 5.41) is 0. The number of rotatable bonds is 18. The summed E-state index contributed by atoms with van der Waals surface area (Å²) in [6, 6.07) is 7.30. The van der Waals surface area contributed by atoms with Crippen LogP contribution < -0.4 is 0 Å². The number of ether oxygens (including phenoxy) is 4. The molecule has 0 fully saturated rings. The second kappa shape index (κ2) is 17.9. The monoisotopic (exact) mass is 638 g/mol. The van der Waals surface area contributed by atoms with Gasteiger partial charge in [0.25, 0.3) is 0 Å². The van der Waals surface area contributed by atoms with E-state index in [4.69, 9.17) is 18.9 Å². The van der Waals surface area contributed by atoms with Gasteiger partial charge in [0.05, 0.1) is 37.7 Å². The summed E-state index contributed by atoms with van der Waals surface area (Å²) >= 11 is 0. The second-order valence-electron chi connectivity index (χ2n) is 11.6. The van der Waals surface area contributed by atoms with Crippen molar-refractivity contribution >= 4 is 23.9 Å². The van der Waals surface area contributed by atoms with Gasteiger partial charge in [0.15, 0.2) is 0 Å². The summed E-state index contributed by atoms with van der Waals surface area (Å²) in [6.45, 7) is 6.87. The number of carbonyl (C=O) groups is 4. The van der Waals surface area contributed by atoms with E-state index in [1.165, 1.54) is 13.8 Å². The Balaban J connectivity index is 1.57. The SMILES string of the molecule is CC[C@H](C(=O)OCc1ccc(COC(=O)[C@@H](CC)[C@H](COC(C)=O)Cc2cncn2C)cc1)[C@H](COC(C)=O)Cc1cncn1C. The van der Waals surface area contributed by atoms with Crippen LogP contribution in [-0.4, -0.2) is 56.2 Å². The molecule has 12 nitrogen and oxygen atoms in total. The van der Waals surface area contributed by atoms with Crippen LogP contribution >= 0.6 is 0 Å². The van der Waals surface area contributed by atoms with E-state index in [2.05, 4.69) is 9.97 Å². The van der Waals surface area contributed by atoms with Crippen molar-refractivity contribution in [1.82, 2.24) is 19.1 Å². The van der Waals surface area contributed by atoms with Crippen LogP contribution in [0.4, 0.5) is 0 Å². The lowest BCUT2D eigenvalue weighted by Crippen LogP contribution is -2.31. The molecule has 0 aliphatic heterocycles. The molecule has 0 aliphatic carbocycles. The maximum atomic E-state index is 13.2. The Bertz CT molecular complexity index is 1320.